The van der Waals surface area contributed by atoms with Crippen LogP contribution in [0.15, 0.2) is 48.4 Å². The number of carbonyl (C=O) groups is 1. The number of piperazine rings is 1. The lowest BCUT2D eigenvalue weighted by molar-refractivity contribution is -0.274. The number of nitrogens with one attached hydrogen (secondary N) is 2. The Hall–Kier alpha value is -3.56. The van der Waals surface area contributed by atoms with E-state index < -0.39 is 6.36 Å². The van der Waals surface area contributed by atoms with Crippen LogP contribution in [0.3, 0.4) is 0 Å². The molecular formula is C24H32F3N9O2S. The second-order valence-corrected chi connectivity index (χ2v) is 10.2. The lowest BCUT2D eigenvalue weighted by Crippen LogP contribution is -2.48. The van der Waals surface area contributed by atoms with E-state index in [-0.39, 0.29) is 24.2 Å². The number of nitrogens with zero attached hydrogens (tertiary/aromatic N) is 5. The molecular weight excluding hydrogens is 535 g/mol. The lowest BCUT2D eigenvalue weighted by atomic mass is 10.2. The van der Waals surface area contributed by atoms with Crippen molar-refractivity contribution in [2.24, 2.45) is 11.5 Å². The molecule has 4 rings (SSSR count). The van der Waals surface area contributed by atoms with Crippen LogP contribution in [-0.4, -0.2) is 89.0 Å². The van der Waals surface area contributed by atoms with Crippen LogP contribution in [0.1, 0.15) is 12.0 Å². The summed E-state index contributed by atoms with van der Waals surface area (Å²) in [5.41, 5.74) is 12.1. The minimum absolute atomic E-state index is 0.159. The molecule has 2 fully saturated rings. The number of anilines is 2. The summed E-state index contributed by atoms with van der Waals surface area (Å²) in [4.78, 5) is 18.8. The van der Waals surface area contributed by atoms with E-state index in [1.54, 1.807) is 24.3 Å². The zero-order valence-electron chi connectivity index (χ0n) is 21.2. The van der Waals surface area contributed by atoms with Gasteiger partial charge < -0.3 is 26.4 Å². The molecule has 0 aliphatic carbocycles. The Morgan fingerprint density at radius 2 is 1.90 bits per heavy atom. The maximum absolute atomic E-state index is 12.6. The summed E-state index contributed by atoms with van der Waals surface area (Å²) in [6.45, 7) is 4.94. The van der Waals surface area contributed by atoms with Crippen molar-refractivity contribution >= 4 is 27.5 Å². The van der Waals surface area contributed by atoms with Crippen molar-refractivity contribution in [2.45, 2.75) is 25.4 Å². The third-order valence-electron chi connectivity index (χ3n) is 6.30. The molecule has 1 unspecified atom stereocenters. The number of amides is 1. The number of nitrogens with two attached hydrogens (primary N) is 2. The number of benzene rings is 1. The van der Waals surface area contributed by atoms with Gasteiger partial charge in [-0.2, -0.15) is 0 Å². The van der Waals surface area contributed by atoms with E-state index in [9.17, 15) is 18.0 Å². The minimum atomic E-state index is -4.72. The third kappa shape index (κ3) is 9.01. The van der Waals surface area contributed by atoms with Crippen LogP contribution in [0, 0.1) is 0 Å². The molecule has 1 atom stereocenters. The highest BCUT2D eigenvalue weighted by atomic mass is 32.1. The third-order valence-corrected chi connectivity index (χ3v) is 7.07. The van der Waals surface area contributed by atoms with Crippen molar-refractivity contribution in [3.63, 3.8) is 0 Å². The monoisotopic (exact) mass is 567 g/mol. The topological polar surface area (TPSA) is 138 Å². The molecule has 2 aliphatic heterocycles. The predicted octanol–water partition coefficient (Wildman–Crippen LogP) is 1.95. The molecule has 0 saturated carbocycles. The van der Waals surface area contributed by atoms with Gasteiger partial charge in [-0.1, -0.05) is 23.5 Å². The average molecular weight is 568 g/mol. The fourth-order valence-corrected chi connectivity index (χ4v) is 5.18. The highest BCUT2D eigenvalue weighted by molar-refractivity contribution is 7.19. The van der Waals surface area contributed by atoms with Crippen LogP contribution in [0.2, 0.25) is 0 Å². The van der Waals surface area contributed by atoms with Crippen molar-refractivity contribution in [1.82, 2.24) is 24.9 Å². The summed E-state index contributed by atoms with van der Waals surface area (Å²) >= 11 is 1.27. The molecule has 212 valence electrons. The van der Waals surface area contributed by atoms with E-state index in [0.29, 0.717) is 48.8 Å². The molecule has 1 aromatic heterocycles. The van der Waals surface area contributed by atoms with E-state index in [0.717, 1.165) is 25.1 Å². The lowest BCUT2D eigenvalue weighted by Gasteiger charge is -2.34. The van der Waals surface area contributed by atoms with Gasteiger partial charge in [-0.15, -0.1) is 23.4 Å². The van der Waals surface area contributed by atoms with Crippen molar-refractivity contribution < 1.29 is 22.7 Å². The van der Waals surface area contributed by atoms with Crippen molar-refractivity contribution in [3.8, 4) is 5.75 Å². The number of aromatic nitrogens is 2. The molecule has 1 aromatic carbocycles. The Labute approximate surface area is 228 Å². The van der Waals surface area contributed by atoms with Gasteiger partial charge in [0.1, 0.15) is 5.75 Å². The number of allylic oxidation sites excluding steroid dienone is 2. The maximum Gasteiger partial charge on any atom is 0.573 e. The zero-order chi connectivity index (χ0) is 27.8. The molecule has 0 bridgehead atoms. The molecule has 6 N–H and O–H groups in total. The predicted molar refractivity (Wildman–Crippen MR) is 143 cm³/mol. The fourth-order valence-electron chi connectivity index (χ4n) is 4.45. The second-order valence-electron chi connectivity index (χ2n) is 9.26. The Kier molecular flexibility index (Phi) is 9.48. The van der Waals surface area contributed by atoms with Crippen molar-refractivity contribution in [2.75, 3.05) is 56.4 Å². The highest BCUT2D eigenvalue weighted by Crippen LogP contribution is 2.25. The Balaban J connectivity index is 1.17. The molecule has 3 heterocycles. The smallest absolute Gasteiger partial charge is 0.406 e. The van der Waals surface area contributed by atoms with Crippen molar-refractivity contribution in [1.29, 1.82) is 0 Å². The molecule has 2 aromatic rings. The summed E-state index contributed by atoms with van der Waals surface area (Å²) in [5.74, 6) is 0.242. The molecule has 2 aliphatic rings. The molecule has 0 spiro atoms. The van der Waals surface area contributed by atoms with E-state index in [4.69, 9.17) is 11.5 Å². The summed E-state index contributed by atoms with van der Waals surface area (Å²) < 4.78 is 41.4. The molecule has 15 heteroatoms. The minimum Gasteiger partial charge on any atom is -0.406 e. The standard InChI is InChI=1S/C24H32F3N9O2S/c25-24(26,27)38-19-4-1-3-17(13-19)14-34-9-11-35(12-10-34)16-21(37)31-23-33-32-22(39-23)30-18-6-8-36(15-18)20(29)5-2-7-28/h1-5,7,13,18H,6,8-12,14-16,28-29H2,(H,30,32)(H,31,33,37)/b7-2-,20-5+. The number of ether oxygens (including phenoxy) is 1. The number of carbonyl (C=O) groups excluding carboxylic acids is 1. The van der Waals surface area contributed by atoms with Gasteiger partial charge in [-0.05, 0) is 42.5 Å². The van der Waals surface area contributed by atoms with Gasteiger partial charge in [-0.25, -0.2) is 0 Å². The van der Waals surface area contributed by atoms with Crippen LogP contribution in [-0.2, 0) is 11.3 Å². The van der Waals surface area contributed by atoms with E-state index in [1.807, 2.05) is 4.90 Å². The van der Waals surface area contributed by atoms with Crippen LogP contribution in [0.4, 0.5) is 23.4 Å². The first-order valence-electron chi connectivity index (χ1n) is 12.4. The van der Waals surface area contributed by atoms with E-state index >= 15 is 0 Å². The number of alkyl halides is 3. The molecule has 11 nitrogen and oxygen atoms in total. The summed E-state index contributed by atoms with van der Waals surface area (Å²) in [6.07, 6.45) is 1.05. The highest BCUT2D eigenvalue weighted by Gasteiger charge is 2.31. The van der Waals surface area contributed by atoms with Gasteiger partial charge in [-0.3, -0.25) is 19.9 Å². The molecule has 0 radical (unpaired) electrons. The number of halogens is 3. The SMILES string of the molecule is N/C=C\C=C(/N)N1CCC(Nc2nnc(NC(=O)CN3CCN(Cc4cccc(OC(F)(F)F)c4)CC3)s2)C1. The van der Waals surface area contributed by atoms with E-state index in [1.165, 1.54) is 29.7 Å². The largest absolute Gasteiger partial charge is 0.573 e. The van der Waals surface area contributed by atoms with Crippen LogP contribution in [0.25, 0.3) is 0 Å². The van der Waals surface area contributed by atoms with Crippen LogP contribution in [0.5, 0.6) is 5.75 Å². The number of rotatable bonds is 10. The number of likely N-dealkylation sites (tertiary alicyclic amines) is 1. The molecule has 39 heavy (non-hydrogen) atoms. The summed E-state index contributed by atoms with van der Waals surface area (Å²) in [5, 5.41) is 15.4. The molecule has 1 amide bonds. The first-order chi connectivity index (χ1) is 18.7. The first-order valence-corrected chi connectivity index (χ1v) is 13.3. The summed E-state index contributed by atoms with van der Waals surface area (Å²) in [6, 6.07) is 6.15. The zero-order valence-corrected chi connectivity index (χ0v) is 22.0. The molecule has 2 saturated heterocycles. The van der Waals surface area contributed by atoms with Crippen LogP contribution >= 0.6 is 11.3 Å². The first kappa shape index (κ1) is 28.4. The Morgan fingerprint density at radius 3 is 2.64 bits per heavy atom. The van der Waals surface area contributed by atoms with Gasteiger partial charge in [0.15, 0.2) is 0 Å². The quantitative estimate of drug-likeness (QED) is 0.315. The van der Waals surface area contributed by atoms with Gasteiger partial charge in [0.05, 0.1) is 12.4 Å². The fraction of sp³-hybridized carbons (Fsp3) is 0.458. The van der Waals surface area contributed by atoms with Crippen molar-refractivity contribution in [3.05, 3.63) is 54.0 Å². The van der Waals surface area contributed by atoms with Gasteiger partial charge in [0.2, 0.25) is 16.2 Å². The Morgan fingerprint density at radius 1 is 1.15 bits per heavy atom. The second kappa shape index (κ2) is 13.0. The summed E-state index contributed by atoms with van der Waals surface area (Å²) in [7, 11) is 0. The average Bonchev–Trinajstić information content (AvgIpc) is 3.52. The number of hydrogen-bond acceptors (Lipinski definition) is 11. The Bertz CT molecular complexity index is 1170. The van der Waals surface area contributed by atoms with Gasteiger partial charge >= 0.3 is 6.36 Å². The van der Waals surface area contributed by atoms with Gasteiger partial charge in [0, 0.05) is 51.9 Å². The maximum atomic E-state index is 12.6. The van der Waals surface area contributed by atoms with Crippen LogP contribution < -0.4 is 26.8 Å². The van der Waals surface area contributed by atoms with Gasteiger partial charge in [0.25, 0.3) is 0 Å². The van der Waals surface area contributed by atoms with E-state index in [2.05, 4.69) is 35.4 Å². The number of hydrogen-bond donors (Lipinski definition) is 4. The normalized spacial score (nSPS) is 19.5.